The Kier molecular flexibility index (Phi) is 4.32. The first-order chi connectivity index (χ1) is 14.2. The Hall–Kier alpha value is -3.53. The standard InChI is InChI=1S/C22H20N4O3/c23-14-17-22(29-20(24-17)19-6-3-13-28-19)25-10-7-16(8-11-25)21(27)26-12-9-15-4-1-2-5-18(15)26/h1-6,13,16H,7-12H2. The van der Waals surface area contributed by atoms with Gasteiger partial charge in [-0.15, -0.1) is 0 Å². The number of amides is 1. The topological polar surface area (TPSA) is 86.5 Å². The smallest absolute Gasteiger partial charge is 0.266 e. The Balaban J connectivity index is 1.29. The number of aromatic nitrogens is 1. The van der Waals surface area contributed by atoms with E-state index < -0.39 is 0 Å². The molecule has 2 aliphatic heterocycles. The van der Waals surface area contributed by atoms with E-state index in [1.807, 2.05) is 28.0 Å². The molecule has 3 aromatic rings. The van der Waals surface area contributed by atoms with Crippen molar-refractivity contribution >= 4 is 17.5 Å². The largest absolute Gasteiger partial charge is 0.459 e. The number of rotatable bonds is 3. The van der Waals surface area contributed by atoms with Crippen LogP contribution in [0.4, 0.5) is 11.6 Å². The van der Waals surface area contributed by atoms with Gasteiger partial charge in [0.2, 0.25) is 17.5 Å². The first-order valence-corrected chi connectivity index (χ1v) is 9.83. The van der Waals surface area contributed by atoms with Crippen molar-refractivity contribution in [2.75, 3.05) is 29.4 Å². The fourth-order valence-electron chi connectivity index (χ4n) is 4.22. The lowest BCUT2D eigenvalue weighted by molar-refractivity contribution is -0.122. The Morgan fingerprint density at radius 1 is 1.14 bits per heavy atom. The summed E-state index contributed by atoms with van der Waals surface area (Å²) in [5.41, 5.74) is 2.53. The number of carbonyl (C=O) groups excluding carboxylic acids is 1. The summed E-state index contributed by atoms with van der Waals surface area (Å²) in [4.78, 5) is 21.3. The van der Waals surface area contributed by atoms with E-state index in [0.717, 1.165) is 31.5 Å². The van der Waals surface area contributed by atoms with E-state index in [9.17, 15) is 10.1 Å². The van der Waals surface area contributed by atoms with Crippen molar-refractivity contribution in [3.8, 4) is 17.7 Å². The number of fused-ring (bicyclic) bond motifs is 1. The van der Waals surface area contributed by atoms with E-state index in [2.05, 4.69) is 17.1 Å². The zero-order valence-corrected chi connectivity index (χ0v) is 15.9. The SMILES string of the molecule is N#Cc1nc(-c2ccco2)oc1N1CCC(C(=O)N2CCc3ccccc32)CC1. The molecule has 2 aliphatic rings. The Morgan fingerprint density at radius 2 is 1.97 bits per heavy atom. The van der Waals surface area contributed by atoms with Gasteiger partial charge >= 0.3 is 0 Å². The van der Waals surface area contributed by atoms with Crippen molar-refractivity contribution < 1.29 is 13.6 Å². The number of piperidine rings is 1. The molecule has 5 rings (SSSR count). The summed E-state index contributed by atoms with van der Waals surface area (Å²) in [6.07, 6.45) is 3.90. The number of hydrogen-bond donors (Lipinski definition) is 0. The fourth-order valence-corrected chi connectivity index (χ4v) is 4.22. The number of hydrogen-bond acceptors (Lipinski definition) is 6. The highest BCUT2D eigenvalue weighted by Gasteiger charge is 2.34. The van der Waals surface area contributed by atoms with Crippen LogP contribution in [0.2, 0.25) is 0 Å². The molecule has 0 atom stereocenters. The molecule has 7 heteroatoms. The minimum absolute atomic E-state index is 0.0181. The maximum absolute atomic E-state index is 13.1. The van der Waals surface area contributed by atoms with Gasteiger partial charge in [0.15, 0.2) is 5.76 Å². The summed E-state index contributed by atoms with van der Waals surface area (Å²) in [6.45, 7) is 2.05. The van der Waals surface area contributed by atoms with Gasteiger partial charge in [0, 0.05) is 31.2 Å². The summed E-state index contributed by atoms with van der Waals surface area (Å²) in [7, 11) is 0. The van der Waals surface area contributed by atoms with Gasteiger partial charge in [-0.3, -0.25) is 4.79 Å². The van der Waals surface area contributed by atoms with Gasteiger partial charge in [-0.2, -0.15) is 10.2 Å². The number of anilines is 2. The van der Waals surface area contributed by atoms with Crippen LogP contribution in [-0.4, -0.2) is 30.5 Å². The Morgan fingerprint density at radius 3 is 2.72 bits per heavy atom. The number of oxazole rings is 1. The van der Waals surface area contributed by atoms with Gasteiger partial charge in [-0.25, -0.2) is 0 Å². The van der Waals surface area contributed by atoms with Crippen LogP contribution in [0.15, 0.2) is 51.5 Å². The summed E-state index contributed by atoms with van der Waals surface area (Å²) in [5, 5.41) is 9.45. The second kappa shape index (κ2) is 7.13. The van der Waals surface area contributed by atoms with E-state index in [1.165, 1.54) is 5.56 Å². The number of nitrogens with zero attached hydrogens (tertiary/aromatic N) is 4. The van der Waals surface area contributed by atoms with Gasteiger partial charge < -0.3 is 18.6 Å². The van der Waals surface area contributed by atoms with Crippen LogP contribution >= 0.6 is 0 Å². The summed E-state index contributed by atoms with van der Waals surface area (Å²) < 4.78 is 11.2. The number of para-hydroxylation sites is 1. The molecule has 29 heavy (non-hydrogen) atoms. The lowest BCUT2D eigenvalue weighted by atomic mass is 9.95. The van der Waals surface area contributed by atoms with Crippen molar-refractivity contribution in [1.29, 1.82) is 5.26 Å². The van der Waals surface area contributed by atoms with E-state index in [4.69, 9.17) is 8.83 Å². The molecule has 2 aromatic heterocycles. The fraction of sp³-hybridized carbons (Fsp3) is 0.318. The second-order valence-electron chi connectivity index (χ2n) is 7.39. The molecular weight excluding hydrogens is 368 g/mol. The molecule has 0 bridgehead atoms. The van der Waals surface area contributed by atoms with Crippen molar-refractivity contribution in [1.82, 2.24) is 4.98 Å². The van der Waals surface area contributed by atoms with Crippen molar-refractivity contribution in [3.63, 3.8) is 0 Å². The second-order valence-corrected chi connectivity index (χ2v) is 7.39. The zero-order chi connectivity index (χ0) is 19.8. The third-order valence-corrected chi connectivity index (χ3v) is 5.73. The highest BCUT2D eigenvalue weighted by molar-refractivity contribution is 5.97. The van der Waals surface area contributed by atoms with Crippen LogP contribution in [0.5, 0.6) is 0 Å². The molecule has 0 unspecified atom stereocenters. The molecule has 146 valence electrons. The van der Waals surface area contributed by atoms with Crippen LogP contribution in [0.1, 0.15) is 24.1 Å². The minimum atomic E-state index is -0.0181. The molecule has 0 radical (unpaired) electrons. The van der Waals surface area contributed by atoms with E-state index in [-0.39, 0.29) is 17.5 Å². The highest BCUT2D eigenvalue weighted by Crippen LogP contribution is 2.34. The quantitative estimate of drug-likeness (QED) is 0.681. The van der Waals surface area contributed by atoms with Crippen molar-refractivity contribution in [2.24, 2.45) is 5.92 Å². The van der Waals surface area contributed by atoms with Crippen molar-refractivity contribution in [3.05, 3.63) is 53.9 Å². The summed E-state index contributed by atoms with van der Waals surface area (Å²) >= 11 is 0. The third kappa shape index (κ3) is 3.07. The van der Waals surface area contributed by atoms with Crippen LogP contribution in [0.25, 0.3) is 11.7 Å². The van der Waals surface area contributed by atoms with Gasteiger partial charge in [0.25, 0.3) is 5.89 Å². The Bertz CT molecular complexity index is 1070. The molecule has 1 fully saturated rings. The van der Waals surface area contributed by atoms with E-state index in [1.54, 1.807) is 18.4 Å². The average molecular weight is 388 g/mol. The zero-order valence-electron chi connectivity index (χ0n) is 15.9. The van der Waals surface area contributed by atoms with E-state index in [0.29, 0.717) is 30.6 Å². The molecule has 0 N–H and O–H groups in total. The predicted octanol–water partition coefficient (Wildman–Crippen LogP) is 3.61. The molecule has 0 aliphatic carbocycles. The van der Waals surface area contributed by atoms with Gasteiger partial charge in [-0.05, 0) is 43.0 Å². The van der Waals surface area contributed by atoms with Crippen LogP contribution in [0.3, 0.4) is 0 Å². The lowest BCUT2D eigenvalue weighted by Gasteiger charge is -2.33. The Labute approximate surface area is 168 Å². The number of nitriles is 1. The summed E-state index contributed by atoms with van der Waals surface area (Å²) in [6, 6.07) is 13.7. The van der Waals surface area contributed by atoms with Gasteiger partial charge in [-0.1, -0.05) is 18.2 Å². The molecule has 0 saturated carbocycles. The molecule has 1 saturated heterocycles. The van der Waals surface area contributed by atoms with Crippen LogP contribution < -0.4 is 9.80 Å². The first-order valence-electron chi connectivity index (χ1n) is 9.83. The maximum Gasteiger partial charge on any atom is 0.266 e. The molecular formula is C22H20N4O3. The monoisotopic (exact) mass is 388 g/mol. The normalized spacial score (nSPS) is 16.7. The van der Waals surface area contributed by atoms with Crippen LogP contribution in [0, 0.1) is 17.2 Å². The lowest BCUT2D eigenvalue weighted by Crippen LogP contribution is -2.42. The number of carbonyl (C=O) groups is 1. The van der Waals surface area contributed by atoms with Gasteiger partial charge in [0.1, 0.15) is 6.07 Å². The summed E-state index contributed by atoms with van der Waals surface area (Å²) in [5.74, 6) is 1.43. The highest BCUT2D eigenvalue weighted by atomic mass is 16.4. The predicted molar refractivity (Wildman–Crippen MR) is 106 cm³/mol. The maximum atomic E-state index is 13.1. The molecule has 0 spiro atoms. The average Bonchev–Trinajstić information content (AvgIpc) is 3.52. The molecule has 7 nitrogen and oxygen atoms in total. The molecule has 1 aromatic carbocycles. The number of furan rings is 1. The minimum Gasteiger partial charge on any atom is -0.459 e. The third-order valence-electron chi connectivity index (χ3n) is 5.73. The molecule has 4 heterocycles. The number of benzene rings is 1. The first kappa shape index (κ1) is 17.6. The van der Waals surface area contributed by atoms with Crippen LogP contribution in [-0.2, 0) is 11.2 Å². The molecule has 1 amide bonds. The van der Waals surface area contributed by atoms with E-state index >= 15 is 0 Å². The van der Waals surface area contributed by atoms with Crippen molar-refractivity contribution in [2.45, 2.75) is 19.3 Å². The van der Waals surface area contributed by atoms with Gasteiger partial charge in [0.05, 0.1) is 6.26 Å².